The van der Waals surface area contributed by atoms with Gasteiger partial charge in [-0.05, 0) is 33.6 Å². The molecule has 0 atom stereocenters. The van der Waals surface area contributed by atoms with E-state index in [2.05, 4.69) is 9.89 Å². The maximum absolute atomic E-state index is 12.2. The second kappa shape index (κ2) is 9.19. The van der Waals surface area contributed by atoms with E-state index in [9.17, 15) is 4.79 Å². The van der Waals surface area contributed by atoms with Gasteiger partial charge in [0.25, 0.3) is 0 Å². The summed E-state index contributed by atoms with van der Waals surface area (Å²) in [7, 11) is 0. The van der Waals surface area contributed by atoms with Gasteiger partial charge in [0, 0.05) is 37.2 Å². The van der Waals surface area contributed by atoms with E-state index in [1.807, 2.05) is 32.5 Å². The maximum Gasteiger partial charge on any atom is 0.410 e. The number of rotatable bonds is 4. The molecule has 0 spiro atoms. The van der Waals surface area contributed by atoms with Gasteiger partial charge in [0.15, 0.2) is 5.96 Å². The van der Waals surface area contributed by atoms with E-state index < -0.39 is 5.60 Å². The first-order chi connectivity index (χ1) is 10.4. The number of guanidine groups is 1. The Labute approximate surface area is 160 Å². The third kappa shape index (κ3) is 7.36. The summed E-state index contributed by atoms with van der Waals surface area (Å²) in [5, 5.41) is 0. The molecule has 2 N–H and O–H groups in total. The van der Waals surface area contributed by atoms with Crippen molar-refractivity contribution >= 4 is 47.8 Å². The van der Waals surface area contributed by atoms with E-state index in [0.717, 1.165) is 37.4 Å². The number of nitrogens with two attached hydrogens (primary N) is 1. The third-order valence-corrected chi connectivity index (χ3v) is 4.51. The molecule has 6 nitrogen and oxygen atoms in total. The minimum Gasteiger partial charge on any atom is -0.444 e. The van der Waals surface area contributed by atoms with Gasteiger partial charge in [-0.15, -0.1) is 24.0 Å². The molecule has 0 aromatic rings. The average molecular weight is 456 g/mol. The van der Waals surface area contributed by atoms with Crippen molar-refractivity contribution in [1.82, 2.24) is 9.80 Å². The minimum atomic E-state index is -0.460. The topological polar surface area (TPSA) is 71.2 Å². The van der Waals surface area contributed by atoms with Crippen molar-refractivity contribution in [2.24, 2.45) is 10.7 Å². The molecule has 2 aliphatic rings. The van der Waals surface area contributed by atoms with Crippen LogP contribution in [0.4, 0.5) is 4.79 Å². The lowest BCUT2D eigenvalue weighted by Crippen LogP contribution is -2.43. The monoisotopic (exact) mass is 456 g/mol. The summed E-state index contributed by atoms with van der Waals surface area (Å²) in [4.78, 5) is 20.6. The summed E-state index contributed by atoms with van der Waals surface area (Å²) in [5.41, 5.74) is 5.58. The number of hydrogen-bond acceptors (Lipinski definition) is 4. The summed E-state index contributed by atoms with van der Waals surface area (Å²) in [6.45, 7) is 8.69. The lowest BCUT2D eigenvalue weighted by molar-refractivity contribution is 0.0240. The Morgan fingerprint density at radius 2 is 1.96 bits per heavy atom. The van der Waals surface area contributed by atoms with Gasteiger partial charge in [0.05, 0.1) is 6.54 Å². The zero-order valence-corrected chi connectivity index (χ0v) is 17.4. The molecule has 8 heteroatoms. The number of carbonyl (C=O) groups excluding carboxylic acids is 1. The summed E-state index contributed by atoms with van der Waals surface area (Å²) < 4.78 is 5.47. The molecule has 1 aliphatic heterocycles. The van der Waals surface area contributed by atoms with Gasteiger partial charge in [-0.2, -0.15) is 11.8 Å². The smallest absolute Gasteiger partial charge is 0.410 e. The fourth-order valence-electron chi connectivity index (χ4n) is 2.29. The van der Waals surface area contributed by atoms with Crippen molar-refractivity contribution in [3.05, 3.63) is 0 Å². The molecule has 134 valence electrons. The fraction of sp³-hybridized carbons (Fsp3) is 0.867. The molecule has 0 unspecified atom stereocenters. The van der Waals surface area contributed by atoms with Crippen molar-refractivity contribution in [2.75, 3.05) is 37.7 Å². The second-order valence-electron chi connectivity index (χ2n) is 6.74. The molecular formula is C15H29IN4O2S. The fourth-order valence-corrected chi connectivity index (χ4v) is 3.20. The van der Waals surface area contributed by atoms with Crippen LogP contribution in [-0.4, -0.2) is 71.2 Å². The Kier molecular flexibility index (Phi) is 8.26. The first-order valence-electron chi connectivity index (χ1n) is 7.99. The lowest BCUT2D eigenvalue weighted by Gasteiger charge is -2.28. The summed E-state index contributed by atoms with van der Waals surface area (Å²) in [6, 6.07) is 0.317. The normalized spacial score (nSPS) is 19.1. The predicted octanol–water partition coefficient (Wildman–Crippen LogP) is 2.37. The van der Waals surface area contributed by atoms with Crippen molar-refractivity contribution < 1.29 is 9.53 Å². The zero-order valence-electron chi connectivity index (χ0n) is 14.3. The van der Waals surface area contributed by atoms with Crippen LogP contribution in [0.1, 0.15) is 33.6 Å². The maximum atomic E-state index is 12.2. The Hall–Kier alpha value is -0.380. The lowest BCUT2D eigenvalue weighted by atomic mass is 10.2. The number of nitrogens with zero attached hydrogens (tertiary/aromatic N) is 3. The molecule has 1 heterocycles. The third-order valence-electron chi connectivity index (χ3n) is 3.57. The van der Waals surface area contributed by atoms with Crippen molar-refractivity contribution in [2.45, 2.75) is 45.3 Å². The van der Waals surface area contributed by atoms with E-state index in [4.69, 9.17) is 10.5 Å². The number of aliphatic imine (C=N–C) groups is 1. The minimum absolute atomic E-state index is 0. The molecular weight excluding hydrogens is 427 g/mol. The first kappa shape index (κ1) is 20.7. The van der Waals surface area contributed by atoms with E-state index in [-0.39, 0.29) is 30.1 Å². The van der Waals surface area contributed by atoms with Gasteiger partial charge in [-0.3, -0.25) is 4.99 Å². The van der Waals surface area contributed by atoms with Gasteiger partial charge in [0.1, 0.15) is 5.60 Å². The molecule has 2 rings (SSSR count). The Morgan fingerprint density at radius 1 is 1.35 bits per heavy atom. The largest absolute Gasteiger partial charge is 0.444 e. The number of halogens is 1. The molecule has 0 aromatic heterocycles. The average Bonchev–Trinajstić information content (AvgIpc) is 3.26. The van der Waals surface area contributed by atoms with Gasteiger partial charge in [-0.1, -0.05) is 0 Å². The summed E-state index contributed by atoms with van der Waals surface area (Å²) in [5.74, 6) is 2.80. The Bertz CT molecular complexity index is 418. The highest BCUT2D eigenvalue weighted by molar-refractivity contribution is 14.0. The first-order valence-corrected chi connectivity index (χ1v) is 9.14. The molecule has 2 fully saturated rings. The molecule has 0 radical (unpaired) electrons. The molecule has 1 aliphatic carbocycles. The summed E-state index contributed by atoms with van der Waals surface area (Å²) >= 11 is 1.94. The second-order valence-corrected chi connectivity index (χ2v) is 7.97. The highest BCUT2D eigenvalue weighted by Crippen LogP contribution is 2.28. The number of thioether (sulfide) groups is 1. The van der Waals surface area contributed by atoms with Crippen LogP contribution in [0.3, 0.4) is 0 Å². The molecule has 1 saturated carbocycles. The SMILES string of the molecule is CC(C)(C)OC(=O)N(CCN=C(N)N1CCSCC1)C1CC1.I. The zero-order chi connectivity index (χ0) is 16.2. The van der Waals surface area contributed by atoms with Crippen LogP contribution in [0.25, 0.3) is 0 Å². The number of carbonyl (C=O) groups is 1. The van der Waals surface area contributed by atoms with E-state index in [1.54, 1.807) is 4.90 Å². The van der Waals surface area contributed by atoms with Crippen molar-refractivity contribution in [3.8, 4) is 0 Å². The predicted molar refractivity (Wildman–Crippen MR) is 107 cm³/mol. The van der Waals surface area contributed by atoms with Crippen molar-refractivity contribution in [3.63, 3.8) is 0 Å². The quantitative estimate of drug-likeness (QED) is 0.400. The number of amides is 1. The molecule has 0 bridgehead atoms. The van der Waals surface area contributed by atoms with Crippen LogP contribution >= 0.6 is 35.7 Å². The van der Waals surface area contributed by atoms with E-state index in [1.165, 1.54) is 0 Å². The standard InChI is InChI=1S/C15H28N4O2S.HI/c1-15(2,3)21-14(20)19(12-4-5-12)7-6-17-13(16)18-8-10-22-11-9-18;/h12H,4-11H2,1-3H3,(H2,16,17);1H. The van der Waals surface area contributed by atoms with Gasteiger partial charge < -0.3 is 20.3 Å². The number of hydrogen-bond donors (Lipinski definition) is 1. The van der Waals surface area contributed by atoms with Crippen LogP contribution in [0.15, 0.2) is 4.99 Å². The van der Waals surface area contributed by atoms with Crippen LogP contribution in [0.5, 0.6) is 0 Å². The van der Waals surface area contributed by atoms with E-state index in [0.29, 0.717) is 25.1 Å². The van der Waals surface area contributed by atoms with Crippen LogP contribution in [0.2, 0.25) is 0 Å². The summed E-state index contributed by atoms with van der Waals surface area (Å²) in [6.07, 6.45) is 1.88. The van der Waals surface area contributed by atoms with Crippen LogP contribution < -0.4 is 5.73 Å². The van der Waals surface area contributed by atoms with Gasteiger partial charge in [0.2, 0.25) is 0 Å². The Morgan fingerprint density at radius 3 is 2.48 bits per heavy atom. The molecule has 23 heavy (non-hydrogen) atoms. The van der Waals surface area contributed by atoms with Crippen molar-refractivity contribution in [1.29, 1.82) is 0 Å². The highest BCUT2D eigenvalue weighted by Gasteiger charge is 2.34. The van der Waals surface area contributed by atoms with Crippen LogP contribution in [-0.2, 0) is 4.74 Å². The molecule has 0 aromatic carbocycles. The van der Waals surface area contributed by atoms with E-state index >= 15 is 0 Å². The van der Waals surface area contributed by atoms with Crippen LogP contribution in [0, 0.1) is 0 Å². The Balaban J connectivity index is 0.00000264. The highest BCUT2D eigenvalue weighted by atomic mass is 127. The number of ether oxygens (including phenoxy) is 1. The molecule has 1 amide bonds. The van der Waals surface area contributed by atoms with Gasteiger partial charge >= 0.3 is 6.09 Å². The van der Waals surface area contributed by atoms with Gasteiger partial charge in [-0.25, -0.2) is 4.79 Å². The molecule has 1 saturated heterocycles.